The second-order valence-corrected chi connectivity index (χ2v) is 6.16. The summed E-state index contributed by atoms with van der Waals surface area (Å²) in [6.07, 6.45) is 0.716. The van der Waals surface area contributed by atoms with Gasteiger partial charge in [0.2, 0.25) is 0 Å². The Morgan fingerprint density at radius 2 is 1.12 bits per heavy atom. The van der Waals surface area contributed by atoms with E-state index in [0.29, 0.717) is 24.0 Å². The van der Waals surface area contributed by atoms with Crippen molar-refractivity contribution < 1.29 is 9.59 Å². The molecule has 0 saturated heterocycles. The van der Waals surface area contributed by atoms with E-state index in [1.165, 1.54) is 0 Å². The summed E-state index contributed by atoms with van der Waals surface area (Å²) in [6.45, 7) is 10.9. The molecule has 0 heterocycles. The van der Waals surface area contributed by atoms with E-state index >= 15 is 0 Å². The minimum atomic E-state index is 0.0490. The molecule has 0 radical (unpaired) electrons. The van der Waals surface area contributed by atoms with Crippen LogP contribution in [0, 0.1) is 0 Å². The highest BCUT2D eigenvalue weighted by Crippen LogP contribution is 2.23. The minimum absolute atomic E-state index is 0.0490. The van der Waals surface area contributed by atoms with E-state index in [2.05, 4.69) is 13.2 Å². The van der Waals surface area contributed by atoms with Gasteiger partial charge in [0.15, 0.2) is 11.6 Å². The lowest BCUT2D eigenvalue weighted by Gasteiger charge is -2.08. The molecule has 0 aliphatic carbocycles. The highest BCUT2D eigenvalue weighted by atomic mass is 16.1. The summed E-state index contributed by atoms with van der Waals surface area (Å²) in [5.41, 5.74) is 5.13. The second-order valence-electron chi connectivity index (χ2n) is 6.16. The first-order chi connectivity index (χ1) is 11.4. The standard InChI is InChI=1S/C22H22O2/c1-15(2)21(23)13-17-7-5-9-19(11-17)20-10-6-8-18(12-20)14-22(24)16(3)4/h5-12H,1,3,13-14H2,2,4H3. The van der Waals surface area contributed by atoms with Crippen LogP contribution in [0.15, 0.2) is 72.8 Å². The van der Waals surface area contributed by atoms with Crippen LogP contribution >= 0.6 is 0 Å². The predicted molar refractivity (Wildman–Crippen MR) is 98.9 cm³/mol. The van der Waals surface area contributed by atoms with Crippen molar-refractivity contribution in [3.8, 4) is 11.1 Å². The topological polar surface area (TPSA) is 34.1 Å². The maximum atomic E-state index is 11.9. The van der Waals surface area contributed by atoms with E-state index in [-0.39, 0.29) is 11.6 Å². The highest BCUT2D eigenvalue weighted by molar-refractivity contribution is 5.96. The van der Waals surface area contributed by atoms with Crippen molar-refractivity contribution >= 4 is 11.6 Å². The predicted octanol–water partition coefficient (Wildman–Crippen LogP) is 4.73. The Labute approximate surface area is 143 Å². The normalized spacial score (nSPS) is 10.2. The van der Waals surface area contributed by atoms with E-state index in [4.69, 9.17) is 0 Å². The fourth-order valence-corrected chi connectivity index (χ4v) is 2.39. The van der Waals surface area contributed by atoms with E-state index < -0.39 is 0 Å². The molecule has 0 bridgehead atoms. The number of hydrogen-bond donors (Lipinski definition) is 0. The summed E-state index contributed by atoms with van der Waals surface area (Å²) < 4.78 is 0. The Morgan fingerprint density at radius 3 is 1.46 bits per heavy atom. The van der Waals surface area contributed by atoms with Gasteiger partial charge < -0.3 is 0 Å². The lowest BCUT2D eigenvalue weighted by Crippen LogP contribution is -2.03. The average molecular weight is 318 g/mol. The van der Waals surface area contributed by atoms with E-state index in [1.807, 2.05) is 48.5 Å². The number of allylic oxidation sites excluding steroid dienone is 2. The Kier molecular flexibility index (Phi) is 5.64. The molecule has 0 spiro atoms. The van der Waals surface area contributed by atoms with E-state index in [1.54, 1.807) is 13.8 Å². The van der Waals surface area contributed by atoms with Crippen LogP contribution in [0.4, 0.5) is 0 Å². The first-order valence-corrected chi connectivity index (χ1v) is 7.92. The number of ketones is 2. The number of rotatable bonds is 7. The van der Waals surface area contributed by atoms with Gasteiger partial charge in [0.1, 0.15) is 0 Å². The van der Waals surface area contributed by atoms with Gasteiger partial charge in [-0.05, 0) is 47.2 Å². The van der Waals surface area contributed by atoms with Crippen LogP contribution in [0.2, 0.25) is 0 Å². The van der Waals surface area contributed by atoms with E-state index in [0.717, 1.165) is 22.3 Å². The van der Waals surface area contributed by atoms with Crippen molar-refractivity contribution in [1.82, 2.24) is 0 Å². The van der Waals surface area contributed by atoms with Crippen molar-refractivity contribution in [2.24, 2.45) is 0 Å². The lowest BCUT2D eigenvalue weighted by atomic mass is 9.96. The van der Waals surface area contributed by atoms with Crippen LogP contribution in [-0.4, -0.2) is 11.6 Å². The first-order valence-electron chi connectivity index (χ1n) is 7.92. The zero-order valence-electron chi connectivity index (χ0n) is 14.3. The highest BCUT2D eigenvalue weighted by Gasteiger charge is 2.08. The van der Waals surface area contributed by atoms with Crippen LogP contribution < -0.4 is 0 Å². The maximum Gasteiger partial charge on any atom is 0.162 e. The molecule has 0 aliphatic rings. The van der Waals surface area contributed by atoms with Gasteiger partial charge in [0, 0.05) is 12.8 Å². The summed E-state index contributed by atoms with van der Waals surface area (Å²) in [6, 6.07) is 15.8. The summed E-state index contributed by atoms with van der Waals surface area (Å²) in [5.74, 6) is 0.0981. The average Bonchev–Trinajstić information content (AvgIpc) is 2.55. The quantitative estimate of drug-likeness (QED) is 0.692. The summed E-state index contributed by atoms with van der Waals surface area (Å²) in [5, 5.41) is 0. The summed E-state index contributed by atoms with van der Waals surface area (Å²) in [7, 11) is 0. The molecule has 0 fully saturated rings. The fourth-order valence-electron chi connectivity index (χ4n) is 2.39. The molecule has 2 aromatic carbocycles. The van der Waals surface area contributed by atoms with Gasteiger partial charge in [0.25, 0.3) is 0 Å². The zero-order valence-corrected chi connectivity index (χ0v) is 14.3. The number of hydrogen-bond acceptors (Lipinski definition) is 2. The molecule has 2 nitrogen and oxygen atoms in total. The van der Waals surface area contributed by atoms with Gasteiger partial charge in [-0.2, -0.15) is 0 Å². The number of carbonyl (C=O) groups excluding carboxylic acids is 2. The third kappa shape index (κ3) is 4.63. The van der Waals surface area contributed by atoms with Gasteiger partial charge in [-0.15, -0.1) is 0 Å². The molecule has 2 aromatic rings. The molecule has 0 saturated carbocycles. The molecule has 122 valence electrons. The minimum Gasteiger partial charge on any atom is -0.294 e. The molecule has 0 unspecified atom stereocenters. The van der Waals surface area contributed by atoms with E-state index in [9.17, 15) is 9.59 Å². The molecular weight excluding hydrogens is 296 g/mol. The van der Waals surface area contributed by atoms with Crippen LogP contribution in [-0.2, 0) is 22.4 Å². The molecule has 0 aliphatic heterocycles. The van der Waals surface area contributed by atoms with Crippen LogP contribution in [0.25, 0.3) is 11.1 Å². The summed E-state index contributed by atoms with van der Waals surface area (Å²) in [4.78, 5) is 23.7. The van der Waals surface area contributed by atoms with Crippen LogP contribution in [0.5, 0.6) is 0 Å². The van der Waals surface area contributed by atoms with Crippen molar-refractivity contribution in [1.29, 1.82) is 0 Å². The molecule has 2 rings (SSSR count). The Morgan fingerprint density at radius 1 is 0.750 bits per heavy atom. The molecular formula is C22H22O2. The fraction of sp³-hybridized carbons (Fsp3) is 0.182. The SMILES string of the molecule is C=C(C)C(=O)Cc1cccc(-c2cccc(CC(=O)C(=C)C)c2)c1. The van der Waals surface area contributed by atoms with Gasteiger partial charge in [0.05, 0.1) is 0 Å². The van der Waals surface area contributed by atoms with Gasteiger partial charge >= 0.3 is 0 Å². The first kappa shape index (κ1) is 17.6. The van der Waals surface area contributed by atoms with Gasteiger partial charge in [-0.25, -0.2) is 0 Å². The van der Waals surface area contributed by atoms with Crippen molar-refractivity contribution in [3.05, 3.63) is 84.0 Å². The Balaban J connectivity index is 2.25. The number of Topliss-reactive ketones (excluding diaryl/α,β-unsaturated/α-hetero) is 2. The third-order valence-corrected chi connectivity index (χ3v) is 3.87. The van der Waals surface area contributed by atoms with Crippen molar-refractivity contribution in [3.63, 3.8) is 0 Å². The molecule has 0 N–H and O–H groups in total. The number of benzene rings is 2. The number of carbonyl (C=O) groups is 2. The monoisotopic (exact) mass is 318 g/mol. The molecule has 0 atom stereocenters. The zero-order chi connectivity index (χ0) is 17.7. The third-order valence-electron chi connectivity index (χ3n) is 3.87. The van der Waals surface area contributed by atoms with Crippen molar-refractivity contribution in [2.45, 2.75) is 26.7 Å². The molecule has 2 heteroatoms. The smallest absolute Gasteiger partial charge is 0.162 e. The molecule has 0 amide bonds. The lowest BCUT2D eigenvalue weighted by molar-refractivity contribution is -0.115. The van der Waals surface area contributed by atoms with Gasteiger partial charge in [-0.1, -0.05) is 61.7 Å². The molecule has 24 heavy (non-hydrogen) atoms. The van der Waals surface area contributed by atoms with Gasteiger partial charge in [-0.3, -0.25) is 9.59 Å². The van der Waals surface area contributed by atoms with Crippen molar-refractivity contribution in [2.75, 3.05) is 0 Å². The Bertz CT molecular complexity index is 743. The second kappa shape index (κ2) is 7.69. The largest absolute Gasteiger partial charge is 0.294 e. The summed E-state index contributed by atoms with van der Waals surface area (Å²) >= 11 is 0. The molecule has 0 aromatic heterocycles. The Hall–Kier alpha value is -2.74. The van der Waals surface area contributed by atoms with Crippen LogP contribution in [0.3, 0.4) is 0 Å². The van der Waals surface area contributed by atoms with Crippen LogP contribution in [0.1, 0.15) is 25.0 Å². The maximum absolute atomic E-state index is 11.9.